The zero-order valence-electron chi connectivity index (χ0n) is 16.7. The highest BCUT2D eigenvalue weighted by molar-refractivity contribution is 14.0. The normalized spacial score (nSPS) is 29.9. The summed E-state index contributed by atoms with van der Waals surface area (Å²) in [5.74, 6) is 2.39. The van der Waals surface area contributed by atoms with Crippen molar-refractivity contribution in [2.45, 2.75) is 50.8 Å². The number of aliphatic imine (C=N–C) groups is 1. The zero-order valence-corrected chi connectivity index (χ0v) is 19.1. The number of benzene rings is 1. The van der Waals surface area contributed by atoms with Crippen LogP contribution in [0.2, 0.25) is 0 Å². The molecule has 2 aliphatic heterocycles. The quantitative estimate of drug-likeness (QED) is 0.608. The summed E-state index contributed by atoms with van der Waals surface area (Å²) in [4.78, 5) is 21.3. The number of amides is 1. The van der Waals surface area contributed by atoms with Crippen LogP contribution >= 0.6 is 24.0 Å². The van der Waals surface area contributed by atoms with E-state index in [-0.39, 0.29) is 36.1 Å². The molecule has 1 N–H and O–H groups in total. The molecule has 28 heavy (non-hydrogen) atoms. The zero-order chi connectivity index (χ0) is 18.8. The first kappa shape index (κ1) is 19.8. The van der Waals surface area contributed by atoms with Crippen molar-refractivity contribution in [1.29, 1.82) is 0 Å². The van der Waals surface area contributed by atoms with Crippen LogP contribution in [-0.2, 0) is 11.2 Å². The minimum Gasteiger partial charge on any atom is -0.444 e. The standard InChI is InChI=1S/C21H28N4O2.HI/c1-21(2,3)27-20(26)24-8-9-25-14(12-24)11-22-19(25)23-18-16-10-13-6-4-5-7-15(13)17(16)18;/h4-7,14,16-18H,8-12H2,1-3H3,(H,22,23);1H. The third-order valence-corrected chi connectivity index (χ3v) is 6.19. The molecule has 1 aromatic rings. The van der Waals surface area contributed by atoms with Gasteiger partial charge < -0.3 is 19.9 Å². The number of rotatable bonds is 1. The fourth-order valence-corrected chi connectivity index (χ4v) is 4.89. The van der Waals surface area contributed by atoms with Gasteiger partial charge in [0, 0.05) is 31.6 Å². The van der Waals surface area contributed by atoms with Crippen molar-refractivity contribution in [2.24, 2.45) is 10.9 Å². The fourth-order valence-electron chi connectivity index (χ4n) is 4.89. The Morgan fingerprint density at radius 2 is 2.04 bits per heavy atom. The van der Waals surface area contributed by atoms with E-state index in [1.807, 2.05) is 25.7 Å². The molecule has 152 valence electrons. The monoisotopic (exact) mass is 496 g/mol. The lowest BCUT2D eigenvalue weighted by atomic mass is 10.1. The summed E-state index contributed by atoms with van der Waals surface area (Å²) in [5, 5.41) is 3.72. The van der Waals surface area contributed by atoms with Gasteiger partial charge in [-0.2, -0.15) is 0 Å². The Morgan fingerprint density at radius 3 is 2.82 bits per heavy atom. The van der Waals surface area contributed by atoms with E-state index >= 15 is 0 Å². The van der Waals surface area contributed by atoms with Gasteiger partial charge in [0.1, 0.15) is 5.60 Å². The molecule has 1 saturated carbocycles. The van der Waals surface area contributed by atoms with Crippen molar-refractivity contribution in [3.63, 3.8) is 0 Å². The van der Waals surface area contributed by atoms with Gasteiger partial charge in [-0.05, 0) is 44.2 Å². The number of halogens is 1. The summed E-state index contributed by atoms with van der Waals surface area (Å²) in [6.45, 7) is 8.66. The Kier molecular flexibility index (Phi) is 5.00. The molecule has 7 heteroatoms. The van der Waals surface area contributed by atoms with Gasteiger partial charge in [-0.1, -0.05) is 24.3 Å². The molecule has 4 atom stereocenters. The first-order valence-electron chi connectivity index (χ1n) is 10.0. The highest BCUT2D eigenvalue weighted by atomic mass is 127. The number of fused-ring (bicyclic) bond motifs is 4. The average molecular weight is 496 g/mol. The molecule has 2 aliphatic carbocycles. The van der Waals surface area contributed by atoms with Gasteiger partial charge >= 0.3 is 6.09 Å². The first-order valence-corrected chi connectivity index (χ1v) is 10.0. The lowest BCUT2D eigenvalue weighted by molar-refractivity contribution is 0.0137. The van der Waals surface area contributed by atoms with Crippen LogP contribution in [0.3, 0.4) is 0 Å². The number of nitrogens with one attached hydrogen (secondary N) is 1. The molecule has 4 aliphatic rings. The van der Waals surface area contributed by atoms with Gasteiger partial charge in [0.15, 0.2) is 5.96 Å². The van der Waals surface area contributed by atoms with E-state index in [1.54, 1.807) is 0 Å². The van der Waals surface area contributed by atoms with Crippen LogP contribution < -0.4 is 5.32 Å². The minimum atomic E-state index is -0.451. The van der Waals surface area contributed by atoms with Crippen molar-refractivity contribution in [3.05, 3.63) is 35.4 Å². The van der Waals surface area contributed by atoms with Gasteiger partial charge in [-0.3, -0.25) is 4.99 Å². The molecule has 4 unspecified atom stereocenters. The summed E-state index contributed by atoms with van der Waals surface area (Å²) >= 11 is 0. The second kappa shape index (κ2) is 7.07. The third-order valence-electron chi connectivity index (χ3n) is 6.19. The number of carbonyl (C=O) groups excluding carboxylic acids is 1. The fraction of sp³-hybridized carbons (Fsp3) is 0.619. The molecule has 0 bridgehead atoms. The summed E-state index contributed by atoms with van der Waals surface area (Å²) in [7, 11) is 0. The summed E-state index contributed by atoms with van der Waals surface area (Å²) in [5.41, 5.74) is 2.58. The number of carbonyl (C=O) groups is 1. The van der Waals surface area contributed by atoms with Crippen LogP contribution in [0, 0.1) is 5.92 Å². The molecule has 1 amide bonds. The number of hydrogen-bond acceptors (Lipinski definition) is 5. The second-order valence-corrected chi connectivity index (χ2v) is 9.20. The van der Waals surface area contributed by atoms with Gasteiger partial charge in [-0.25, -0.2) is 4.79 Å². The molecular weight excluding hydrogens is 467 g/mol. The SMILES string of the molecule is CC(C)(C)OC(=O)N1CCN2C(NC3C4Cc5ccccc5C43)=NCC2C1.I. The van der Waals surface area contributed by atoms with E-state index in [1.165, 1.54) is 17.5 Å². The smallest absolute Gasteiger partial charge is 0.410 e. The Morgan fingerprint density at radius 1 is 1.25 bits per heavy atom. The Balaban J connectivity index is 0.00000192. The maximum absolute atomic E-state index is 12.4. The van der Waals surface area contributed by atoms with Crippen LogP contribution in [0.25, 0.3) is 0 Å². The maximum atomic E-state index is 12.4. The topological polar surface area (TPSA) is 57.2 Å². The van der Waals surface area contributed by atoms with E-state index in [0.29, 0.717) is 31.0 Å². The van der Waals surface area contributed by atoms with Crippen molar-refractivity contribution >= 4 is 36.0 Å². The van der Waals surface area contributed by atoms with E-state index in [2.05, 4.69) is 34.5 Å². The number of nitrogens with zero attached hydrogens (tertiary/aromatic N) is 3. The van der Waals surface area contributed by atoms with Crippen molar-refractivity contribution in [2.75, 3.05) is 26.2 Å². The minimum absolute atomic E-state index is 0. The highest BCUT2D eigenvalue weighted by Crippen LogP contribution is 2.56. The van der Waals surface area contributed by atoms with Gasteiger partial charge in [0.05, 0.1) is 12.6 Å². The van der Waals surface area contributed by atoms with Crippen molar-refractivity contribution < 1.29 is 9.53 Å². The summed E-state index contributed by atoms with van der Waals surface area (Å²) in [6.07, 6.45) is 0.971. The number of piperazine rings is 1. The van der Waals surface area contributed by atoms with Crippen LogP contribution in [0.1, 0.15) is 37.8 Å². The van der Waals surface area contributed by atoms with Crippen LogP contribution in [0.5, 0.6) is 0 Å². The van der Waals surface area contributed by atoms with Crippen molar-refractivity contribution in [1.82, 2.24) is 15.1 Å². The first-order chi connectivity index (χ1) is 12.9. The Hall–Kier alpha value is -1.51. The molecule has 0 aromatic heterocycles. The Labute approximate surface area is 183 Å². The lowest BCUT2D eigenvalue weighted by Gasteiger charge is -2.39. The lowest BCUT2D eigenvalue weighted by Crippen LogP contribution is -2.58. The summed E-state index contributed by atoms with van der Waals surface area (Å²) < 4.78 is 5.53. The number of hydrogen-bond donors (Lipinski definition) is 1. The maximum Gasteiger partial charge on any atom is 0.410 e. The van der Waals surface area contributed by atoms with E-state index < -0.39 is 5.60 Å². The Bertz CT molecular complexity index is 806. The van der Waals surface area contributed by atoms with Crippen LogP contribution in [-0.4, -0.2) is 65.7 Å². The van der Waals surface area contributed by atoms with Crippen LogP contribution in [0.15, 0.2) is 29.3 Å². The molecule has 2 fully saturated rings. The number of ether oxygens (including phenoxy) is 1. The molecule has 1 saturated heterocycles. The van der Waals surface area contributed by atoms with Gasteiger partial charge in [-0.15, -0.1) is 24.0 Å². The largest absolute Gasteiger partial charge is 0.444 e. The van der Waals surface area contributed by atoms with E-state index in [0.717, 1.165) is 19.0 Å². The molecule has 0 spiro atoms. The average Bonchev–Trinajstić information content (AvgIpc) is 2.97. The van der Waals surface area contributed by atoms with Gasteiger partial charge in [0.25, 0.3) is 0 Å². The molecule has 1 aromatic carbocycles. The summed E-state index contributed by atoms with van der Waals surface area (Å²) in [6, 6.07) is 9.61. The third kappa shape index (κ3) is 3.46. The van der Waals surface area contributed by atoms with Crippen LogP contribution in [0.4, 0.5) is 4.79 Å². The molecular formula is C21H29IN4O2. The van der Waals surface area contributed by atoms with Crippen molar-refractivity contribution in [3.8, 4) is 0 Å². The second-order valence-electron chi connectivity index (χ2n) is 9.20. The van der Waals surface area contributed by atoms with E-state index in [4.69, 9.17) is 9.73 Å². The highest BCUT2D eigenvalue weighted by Gasteiger charge is 2.56. The molecule has 6 nitrogen and oxygen atoms in total. The molecule has 5 rings (SSSR count). The van der Waals surface area contributed by atoms with E-state index in [9.17, 15) is 4.79 Å². The molecule has 2 heterocycles. The predicted octanol–water partition coefficient (Wildman–Crippen LogP) is 2.82. The predicted molar refractivity (Wildman–Crippen MR) is 119 cm³/mol. The molecule has 0 radical (unpaired) electrons. The van der Waals surface area contributed by atoms with Gasteiger partial charge in [0.2, 0.25) is 0 Å². The number of guanidine groups is 1.